The van der Waals surface area contributed by atoms with Gasteiger partial charge in [0.15, 0.2) is 0 Å². The number of benzene rings is 2. The Balaban J connectivity index is 1.72. The van der Waals surface area contributed by atoms with E-state index in [9.17, 15) is 4.79 Å². The third kappa shape index (κ3) is 3.86. The molecule has 0 unspecified atom stereocenters. The highest BCUT2D eigenvalue weighted by atomic mass is 16.1. The molecule has 144 valence electrons. The first-order chi connectivity index (χ1) is 13.6. The van der Waals surface area contributed by atoms with E-state index in [0.717, 1.165) is 41.8 Å². The summed E-state index contributed by atoms with van der Waals surface area (Å²) < 4.78 is 0. The fourth-order valence-corrected chi connectivity index (χ4v) is 3.90. The van der Waals surface area contributed by atoms with E-state index in [0.29, 0.717) is 5.69 Å². The fourth-order valence-electron chi connectivity index (χ4n) is 3.90. The Kier molecular flexibility index (Phi) is 5.29. The van der Waals surface area contributed by atoms with Gasteiger partial charge in [-0.15, -0.1) is 0 Å². The van der Waals surface area contributed by atoms with Crippen LogP contribution in [0.3, 0.4) is 0 Å². The average Bonchev–Trinajstić information content (AvgIpc) is 2.73. The summed E-state index contributed by atoms with van der Waals surface area (Å²) in [5, 5.41) is 4.15. The van der Waals surface area contributed by atoms with Gasteiger partial charge in [-0.3, -0.25) is 4.79 Å². The lowest BCUT2D eigenvalue weighted by Crippen LogP contribution is -2.30. The van der Waals surface area contributed by atoms with Crippen LogP contribution in [-0.4, -0.2) is 24.0 Å². The van der Waals surface area contributed by atoms with E-state index in [-0.39, 0.29) is 5.91 Å². The van der Waals surface area contributed by atoms with E-state index in [1.165, 1.54) is 30.4 Å². The molecule has 0 bridgehead atoms. The highest BCUT2D eigenvalue weighted by molar-refractivity contribution is 6.06. The number of anilines is 2. The van der Waals surface area contributed by atoms with Gasteiger partial charge >= 0.3 is 0 Å². The van der Waals surface area contributed by atoms with Crippen LogP contribution in [0.4, 0.5) is 11.4 Å². The molecule has 1 aliphatic heterocycles. The summed E-state index contributed by atoms with van der Waals surface area (Å²) in [5.74, 6) is -0.158. The Morgan fingerprint density at radius 2 is 1.89 bits per heavy atom. The molecule has 1 amide bonds. The molecule has 1 aromatic heterocycles. The van der Waals surface area contributed by atoms with E-state index in [2.05, 4.69) is 47.2 Å². The van der Waals surface area contributed by atoms with E-state index in [4.69, 9.17) is 0 Å². The van der Waals surface area contributed by atoms with Crippen molar-refractivity contribution in [1.29, 1.82) is 0 Å². The summed E-state index contributed by atoms with van der Waals surface area (Å²) in [5.41, 5.74) is 5.70. The molecular formula is C24H27N3O. The number of rotatable bonds is 4. The number of nitrogens with zero attached hydrogens (tertiary/aromatic N) is 2. The molecule has 4 heteroatoms. The Morgan fingerprint density at radius 3 is 2.68 bits per heavy atom. The number of amides is 1. The lowest BCUT2D eigenvalue weighted by Gasteiger charge is -2.30. The van der Waals surface area contributed by atoms with Crippen LogP contribution in [0.1, 0.15) is 47.8 Å². The quantitative estimate of drug-likeness (QED) is 0.671. The molecule has 28 heavy (non-hydrogen) atoms. The van der Waals surface area contributed by atoms with Crippen molar-refractivity contribution in [1.82, 2.24) is 4.98 Å². The first kappa shape index (κ1) is 18.5. The number of carbonyl (C=O) groups is 1. The van der Waals surface area contributed by atoms with E-state index < -0.39 is 0 Å². The molecule has 1 N–H and O–H groups in total. The lowest BCUT2D eigenvalue weighted by atomic mass is 10.1. The van der Waals surface area contributed by atoms with Gasteiger partial charge in [-0.1, -0.05) is 30.7 Å². The molecule has 0 radical (unpaired) electrons. The summed E-state index contributed by atoms with van der Waals surface area (Å²) in [7, 11) is 0. The molecule has 0 spiro atoms. The molecule has 4 nitrogen and oxygen atoms in total. The first-order valence-electron chi connectivity index (χ1n) is 10.2. The lowest BCUT2D eigenvalue weighted by molar-refractivity contribution is 0.102. The molecule has 1 aliphatic rings. The molecule has 2 heterocycles. The number of hydrogen-bond donors (Lipinski definition) is 1. The molecule has 0 saturated carbocycles. The molecule has 0 aliphatic carbocycles. The Bertz CT molecular complexity index is 1010. The van der Waals surface area contributed by atoms with Crippen molar-refractivity contribution in [2.75, 3.05) is 23.3 Å². The van der Waals surface area contributed by atoms with Gasteiger partial charge in [-0.05, 0) is 68.5 Å². The van der Waals surface area contributed by atoms with Crippen LogP contribution in [0, 0.1) is 6.92 Å². The van der Waals surface area contributed by atoms with Gasteiger partial charge in [0, 0.05) is 29.9 Å². The first-order valence-corrected chi connectivity index (χ1v) is 10.2. The zero-order valence-electron chi connectivity index (χ0n) is 16.7. The highest BCUT2D eigenvalue weighted by Crippen LogP contribution is 2.30. The number of nitrogens with one attached hydrogen (secondary N) is 1. The van der Waals surface area contributed by atoms with Gasteiger partial charge in [-0.2, -0.15) is 0 Å². The minimum atomic E-state index is -0.158. The normalized spacial score (nSPS) is 14.3. The SMILES string of the molecule is CCc1cccc(NC(=O)c2cc(N3CCCCC3)c3cc(C)ccc3n2)c1. The second-order valence-corrected chi connectivity index (χ2v) is 7.60. The molecule has 0 atom stereocenters. The van der Waals surface area contributed by atoms with Crippen LogP contribution in [0.2, 0.25) is 0 Å². The van der Waals surface area contributed by atoms with E-state index in [1.54, 1.807) is 0 Å². The number of pyridine rings is 1. The van der Waals surface area contributed by atoms with E-state index in [1.807, 2.05) is 30.3 Å². The van der Waals surface area contributed by atoms with Crippen molar-refractivity contribution in [3.63, 3.8) is 0 Å². The van der Waals surface area contributed by atoms with Crippen molar-refractivity contribution < 1.29 is 4.79 Å². The third-order valence-electron chi connectivity index (χ3n) is 5.46. The number of carbonyl (C=O) groups excluding carboxylic acids is 1. The minimum Gasteiger partial charge on any atom is -0.371 e. The second-order valence-electron chi connectivity index (χ2n) is 7.60. The zero-order valence-corrected chi connectivity index (χ0v) is 16.7. The number of piperidine rings is 1. The van der Waals surface area contributed by atoms with Crippen molar-refractivity contribution in [3.05, 3.63) is 65.4 Å². The predicted molar refractivity (Wildman–Crippen MR) is 116 cm³/mol. The maximum absolute atomic E-state index is 13.0. The van der Waals surface area contributed by atoms with Crippen LogP contribution >= 0.6 is 0 Å². The van der Waals surface area contributed by atoms with Crippen LogP contribution < -0.4 is 10.2 Å². The third-order valence-corrected chi connectivity index (χ3v) is 5.46. The van der Waals surface area contributed by atoms with Crippen LogP contribution in [0.25, 0.3) is 10.9 Å². The van der Waals surface area contributed by atoms with Crippen LogP contribution in [0.5, 0.6) is 0 Å². The van der Waals surface area contributed by atoms with E-state index >= 15 is 0 Å². The monoisotopic (exact) mass is 373 g/mol. The van der Waals surface area contributed by atoms with Crippen molar-refractivity contribution in [3.8, 4) is 0 Å². The number of fused-ring (bicyclic) bond motifs is 1. The van der Waals surface area contributed by atoms with Gasteiger partial charge in [-0.25, -0.2) is 4.98 Å². The molecule has 3 aromatic rings. The maximum Gasteiger partial charge on any atom is 0.274 e. The summed E-state index contributed by atoms with van der Waals surface area (Å²) in [6.45, 7) is 6.28. The summed E-state index contributed by atoms with van der Waals surface area (Å²) in [4.78, 5) is 20.0. The Labute approximate surface area is 166 Å². The summed E-state index contributed by atoms with van der Waals surface area (Å²) in [6, 6.07) is 16.2. The smallest absolute Gasteiger partial charge is 0.274 e. The standard InChI is InChI=1S/C24H27N3O/c1-3-18-8-7-9-19(15-18)25-24(28)22-16-23(27-12-5-4-6-13-27)20-14-17(2)10-11-21(20)26-22/h7-11,14-16H,3-6,12-13H2,1-2H3,(H,25,28). The van der Waals surface area contributed by atoms with Gasteiger partial charge < -0.3 is 10.2 Å². The second kappa shape index (κ2) is 8.01. The van der Waals surface area contributed by atoms with Gasteiger partial charge in [0.2, 0.25) is 0 Å². The van der Waals surface area contributed by atoms with Crippen LogP contribution in [-0.2, 0) is 6.42 Å². The Morgan fingerprint density at radius 1 is 1.07 bits per heavy atom. The predicted octanol–water partition coefficient (Wildman–Crippen LogP) is 5.35. The van der Waals surface area contributed by atoms with Gasteiger partial charge in [0.25, 0.3) is 5.91 Å². The maximum atomic E-state index is 13.0. The molecule has 4 rings (SSSR count). The highest BCUT2D eigenvalue weighted by Gasteiger charge is 2.18. The summed E-state index contributed by atoms with van der Waals surface area (Å²) in [6.07, 6.45) is 4.61. The van der Waals surface area contributed by atoms with Crippen molar-refractivity contribution in [2.24, 2.45) is 0 Å². The van der Waals surface area contributed by atoms with Crippen molar-refractivity contribution >= 4 is 28.2 Å². The topological polar surface area (TPSA) is 45.2 Å². The molecule has 1 saturated heterocycles. The fraction of sp³-hybridized carbons (Fsp3) is 0.333. The minimum absolute atomic E-state index is 0.158. The molecule has 2 aromatic carbocycles. The Hall–Kier alpha value is -2.88. The number of aryl methyl sites for hydroxylation is 2. The largest absolute Gasteiger partial charge is 0.371 e. The molecular weight excluding hydrogens is 346 g/mol. The molecule has 1 fully saturated rings. The summed E-state index contributed by atoms with van der Waals surface area (Å²) >= 11 is 0. The number of hydrogen-bond acceptors (Lipinski definition) is 3. The van der Waals surface area contributed by atoms with Gasteiger partial charge in [0.1, 0.15) is 5.69 Å². The average molecular weight is 374 g/mol. The number of aromatic nitrogens is 1. The van der Waals surface area contributed by atoms with Crippen LogP contribution in [0.15, 0.2) is 48.5 Å². The van der Waals surface area contributed by atoms with Gasteiger partial charge in [0.05, 0.1) is 5.52 Å². The van der Waals surface area contributed by atoms with Crippen molar-refractivity contribution in [2.45, 2.75) is 39.5 Å². The zero-order chi connectivity index (χ0) is 19.5.